The van der Waals surface area contributed by atoms with Gasteiger partial charge < -0.3 is 10.1 Å². The van der Waals surface area contributed by atoms with Gasteiger partial charge in [0.1, 0.15) is 4.88 Å². The van der Waals surface area contributed by atoms with E-state index in [0.717, 1.165) is 5.56 Å². The molecule has 1 rings (SSSR count). The number of hydrogen-bond donors (Lipinski definition) is 1. The number of hydrogen-bond acceptors (Lipinski definition) is 3. The maximum atomic E-state index is 11.8. The van der Waals surface area contributed by atoms with Crippen molar-refractivity contribution in [3.05, 3.63) is 20.8 Å². The van der Waals surface area contributed by atoms with Crippen LogP contribution < -0.4 is 5.32 Å². The molecule has 6 heteroatoms. The van der Waals surface area contributed by atoms with Gasteiger partial charge in [0.15, 0.2) is 0 Å². The van der Waals surface area contributed by atoms with Crippen LogP contribution in [0.4, 0.5) is 0 Å². The quantitative estimate of drug-likeness (QED) is 0.843. The molecule has 3 nitrogen and oxygen atoms in total. The summed E-state index contributed by atoms with van der Waals surface area (Å²) in [5.74, 6) is 0.104. The van der Waals surface area contributed by atoms with E-state index in [9.17, 15) is 4.79 Å². The van der Waals surface area contributed by atoms with E-state index >= 15 is 0 Å². The minimum atomic E-state index is -0.203. The smallest absolute Gasteiger partial charge is 0.263 e. The Bertz CT molecular complexity index is 368. The summed E-state index contributed by atoms with van der Waals surface area (Å²) in [4.78, 5) is 12.3. The molecule has 1 aromatic heterocycles. The van der Waals surface area contributed by atoms with Crippen LogP contribution in [-0.4, -0.2) is 31.5 Å². The molecule has 0 aliphatic heterocycles. The maximum absolute atomic E-state index is 11.8. The molecule has 0 aliphatic carbocycles. The third-order valence-corrected chi connectivity index (χ3v) is 4.06. The van der Waals surface area contributed by atoms with E-state index in [0.29, 0.717) is 22.4 Å². The van der Waals surface area contributed by atoms with Gasteiger partial charge in [0.2, 0.25) is 0 Å². The Labute approximate surface area is 109 Å². The van der Waals surface area contributed by atoms with Gasteiger partial charge in [-0.05, 0) is 17.9 Å². The van der Waals surface area contributed by atoms with Crippen molar-refractivity contribution >= 4 is 40.4 Å². The van der Waals surface area contributed by atoms with E-state index in [1.807, 2.05) is 12.3 Å². The van der Waals surface area contributed by atoms with Crippen LogP contribution in [0.1, 0.15) is 15.2 Å². The first-order chi connectivity index (χ1) is 7.60. The monoisotopic (exact) mass is 281 g/mol. The first-order valence-electron chi connectivity index (χ1n) is 4.69. The summed E-state index contributed by atoms with van der Waals surface area (Å²) in [6.45, 7) is 2.25. The van der Waals surface area contributed by atoms with E-state index in [1.165, 1.54) is 11.3 Å². The van der Waals surface area contributed by atoms with Crippen LogP contribution in [0.2, 0.25) is 5.02 Å². The Balaban J connectivity index is 2.68. The highest BCUT2D eigenvalue weighted by Crippen LogP contribution is 2.26. The van der Waals surface area contributed by atoms with Gasteiger partial charge in [0.25, 0.3) is 5.91 Å². The number of rotatable bonds is 5. The predicted octanol–water partition coefficient (Wildman–Crippen LogP) is 2.69. The fourth-order valence-electron chi connectivity index (χ4n) is 1.16. The van der Waals surface area contributed by atoms with Crippen molar-refractivity contribution in [3.8, 4) is 0 Å². The maximum Gasteiger partial charge on any atom is 0.263 e. The first kappa shape index (κ1) is 13.8. The molecule has 16 heavy (non-hydrogen) atoms. The van der Waals surface area contributed by atoms with Crippen molar-refractivity contribution in [2.24, 2.45) is 0 Å². The summed E-state index contributed by atoms with van der Waals surface area (Å²) in [5.41, 5.74) is 0.908. The third kappa shape index (κ3) is 3.35. The SMILES string of the molecule is COCC(CCl)NC(=O)c1scc(C)c1Cl. The number of carbonyl (C=O) groups excluding carboxylic acids is 1. The summed E-state index contributed by atoms with van der Waals surface area (Å²) in [6.07, 6.45) is 0. The topological polar surface area (TPSA) is 38.3 Å². The lowest BCUT2D eigenvalue weighted by Crippen LogP contribution is -2.39. The molecule has 90 valence electrons. The molecule has 0 bridgehead atoms. The van der Waals surface area contributed by atoms with Crippen LogP contribution in [-0.2, 0) is 4.74 Å². The van der Waals surface area contributed by atoms with Crippen molar-refractivity contribution in [3.63, 3.8) is 0 Å². The third-order valence-electron chi connectivity index (χ3n) is 1.99. The van der Waals surface area contributed by atoms with Crippen LogP contribution in [0.5, 0.6) is 0 Å². The number of alkyl halides is 1. The second-order valence-electron chi connectivity index (χ2n) is 3.34. The Morgan fingerprint density at radius 3 is 2.81 bits per heavy atom. The van der Waals surface area contributed by atoms with Crippen LogP contribution in [0.15, 0.2) is 5.38 Å². The standard InChI is InChI=1S/C10H13Cl2NO2S/c1-6-5-16-9(8(6)12)10(14)13-7(3-11)4-15-2/h5,7H,3-4H2,1-2H3,(H,13,14). The van der Waals surface area contributed by atoms with Crippen LogP contribution >= 0.6 is 34.5 Å². The van der Waals surface area contributed by atoms with E-state index in [4.69, 9.17) is 27.9 Å². The van der Waals surface area contributed by atoms with Crippen molar-refractivity contribution in [2.45, 2.75) is 13.0 Å². The molecule has 1 aromatic rings. The number of nitrogens with one attached hydrogen (secondary N) is 1. The fourth-order valence-corrected chi connectivity index (χ4v) is 2.51. The summed E-state index contributed by atoms with van der Waals surface area (Å²) >= 11 is 13.0. The fraction of sp³-hybridized carbons (Fsp3) is 0.500. The highest BCUT2D eigenvalue weighted by atomic mass is 35.5. The molecule has 1 unspecified atom stereocenters. The molecule has 0 saturated carbocycles. The Kier molecular flexibility index (Phi) is 5.55. The van der Waals surface area contributed by atoms with E-state index in [-0.39, 0.29) is 11.9 Å². The molecule has 1 amide bonds. The van der Waals surface area contributed by atoms with Gasteiger partial charge in [-0.1, -0.05) is 11.6 Å². The lowest BCUT2D eigenvalue weighted by molar-refractivity contribution is 0.0911. The second kappa shape index (κ2) is 6.45. The normalized spacial score (nSPS) is 12.5. The Morgan fingerprint density at radius 2 is 2.38 bits per heavy atom. The van der Waals surface area contributed by atoms with Crippen LogP contribution in [0.25, 0.3) is 0 Å². The molecule has 1 heterocycles. The van der Waals surface area contributed by atoms with Crippen molar-refractivity contribution in [1.29, 1.82) is 0 Å². The van der Waals surface area contributed by atoms with Gasteiger partial charge in [-0.25, -0.2) is 0 Å². The predicted molar refractivity (Wildman–Crippen MR) is 67.9 cm³/mol. The highest BCUT2D eigenvalue weighted by molar-refractivity contribution is 7.13. The molecule has 1 atom stereocenters. The van der Waals surface area contributed by atoms with Gasteiger partial charge in [-0.2, -0.15) is 0 Å². The zero-order chi connectivity index (χ0) is 12.1. The number of halogens is 2. The number of aryl methyl sites for hydroxylation is 1. The van der Waals surface area contributed by atoms with Gasteiger partial charge >= 0.3 is 0 Å². The molecule has 0 spiro atoms. The Morgan fingerprint density at radius 1 is 1.69 bits per heavy atom. The zero-order valence-corrected chi connectivity index (χ0v) is 11.4. The van der Waals surface area contributed by atoms with Gasteiger partial charge in [0, 0.05) is 13.0 Å². The summed E-state index contributed by atoms with van der Waals surface area (Å²) in [7, 11) is 1.56. The number of ether oxygens (including phenoxy) is 1. The number of thiophene rings is 1. The van der Waals surface area contributed by atoms with Crippen molar-refractivity contribution in [1.82, 2.24) is 5.32 Å². The van der Waals surface area contributed by atoms with Crippen LogP contribution in [0, 0.1) is 6.92 Å². The summed E-state index contributed by atoms with van der Waals surface area (Å²) in [6, 6.07) is -0.197. The van der Waals surface area contributed by atoms with Gasteiger partial charge in [0.05, 0.1) is 17.7 Å². The van der Waals surface area contributed by atoms with Crippen molar-refractivity contribution in [2.75, 3.05) is 19.6 Å². The molecule has 0 saturated heterocycles. The van der Waals surface area contributed by atoms with Crippen molar-refractivity contribution < 1.29 is 9.53 Å². The zero-order valence-electron chi connectivity index (χ0n) is 9.05. The molecule has 0 aliphatic rings. The molecular formula is C10H13Cl2NO2S. The molecule has 0 radical (unpaired) electrons. The number of amides is 1. The lowest BCUT2D eigenvalue weighted by Gasteiger charge is -2.14. The largest absolute Gasteiger partial charge is 0.383 e. The molecule has 0 aromatic carbocycles. The molecular weight excluding hydrogens is 269 g/mol. The highest BCUT2D eigenvalue weighted by Gasteiger charge is 2.17. The minimum Gasteiger partial charge on any atom is -0.383 e. The summed E-state index contributed by atoms with van der Waals surface area (Å²) in [5, 5.41) is 5.13. The lowest BCUT2D eigenvalue weighted by atomic mass is 10.3. The van der Waals surface area contributed by atoms with E-state index in [2.05, 4.69) is 5.32 Å². The van der Waals surface area contributed by atoms with E-state index < -0.39 is 0 Å². The Hall–Kier alpha value is -0.290. The average molecular weight is 282 g/mol. The summed E-state index contributed by atoms with van der Waals surface area (Å²) < 4.78 is 4.94. The number of carbonyl (C=O) groups is 1. The van der Waals surface area contributed by atoms with E-state index in [1.54, 1.807) is 7.11 Å². The minimum absolute atomic E-state index is 0.197. The number of methoxy groups -OCH3 is 1. The average Bonchev–Trinajstić information content (AvgIpc) is 2.59. The van der Waals surface area contributed by atoms with Crippen LogP contribution in [0.3, 0.4) is 0 Å². The van der Waals surface area contributed by atoms with Gasteiger partial charge in [-0.3, -0.25) is 4.79 Å². The van der Waals surface area contributed by atoms with Gasteiger partial charge in [-0.15, -0.1) is 22.9 Å². The molecule has 1 N–H and O–H groups in total. The molecule has 0 fully saturated rings. The first-order valence-corrected chi connectivity index (χ1v) is 6.48. The second-order valence-corrected chi connectivity index (χ2v) is 4.91.